The highest BCUT2D eigenvalue weighted by Gasteiger charge is 2.41. The fourth-order valence-electron chi connectivity index (χ4n) is 2.62. The molecule has 1 aromatic rings. The summed E-state index contributed by atoms with van der Waals surface area (Å²) in [4.78, 5) is 31.4. The van der Waals surface area contributed by atoms with E-state index in [0.29, 0.717) is 31.7 Å². The maximum Gasteiger partial charge on any atom is 0.307 e. The molecule has 2 atom stereocenters. The lowest BCUT2D eigenvalue weighted by molar-refractivity contribution is -0.152. The Morgan fingerprint density at radius 3 is 2.33 bits per heavy atom. The smallest absolute Gasteiger partial charge is 0.307 e. The molecule has 1 amide bonds. The summed E-state index contributed by atoms with van der Waals surface area (Å²) in [6.07, 6.45) is 7.93. The molecule has 21 heavy (non-hydrogen) atoms. The highest BCUT2D eigenvalue weighted by atomic mass is 16.4. The van der Waals surface area contributed by atoms with Crippen molar-refractivity contribution in [3.8, 4) is 0 Å². The second-order valence-corrected chi connectivity index (χ2v) is 5.89. The normalized spacial score (nSPS) is 24.2. The Morgan fingerprint density at radius 2 is 1.81 bits per heavy atom. The van der Waals surface area contributed by atoms with Crippen molar-refractivity contribution in [2.24, 2.45) is 11.8 Å². The summed E-state index contributed by atoms with van der Waals surface area (Å²) in [7, 11) is 0. The highest BCUT2D eigenvalue weighted by Crippen LogP contribution is 2.37. The molecule has 2 fully saturated rings. The molecule has 2 aliphatic rings. The van der Waals surface area contributed by atoms with Crippen LogP contribution >= 0.6 is 0 Å². The van der Waals surface area contributed by atoms with E-state index >= 15 is 0 Å². The number of hydrogen-bond acceptors (Lipinski definition) is 4. The summed E-state index contributed by atoms with van der Waals surface area (Å²) < 4.78 is 0. The Labute approximate surface area is 123 Å². The standard InChI is InChI=1S/C15H19N3O3/c19-14(11-3-4-12(11)15(20)21)16-6-5-9-7-17-13(18-8-9)10-1-2-10/h7-8,10-12H,1-6H2,(H,16,19)(H,20,21). The number of amides is 1. The number of carboxylic acid groups (broad SMARTS) is 1. The SMILES string of the molecule is O=C(O)C1CCC1C(=O)NCCc1cnc(C2CC2)nc1. The first-order valence-corrected chi connectivity index (χ1v) is 7.46. The summed E-state index contributed by atoms with van der Waals surface area (Å²) >= 11 is 0. The topological polar surface area (TPSA) is 92.2 Å². The number of carbonyl (C=O) groups is 2. The van der Waals surface area contributed by atoms with Gasteiger partial charge in [-0.2, -0.15) is 0 Å². The molecule has 2 aliphatic carbocycles. The van der Waals surface area contributed by atoms with Gasteiger partial charge in [-0.15, -0.1) is 0 Å². The van der Waals surface area contributed by atoms with Gasteiger partial charge in [-0.05, 0) is 37.7 Å². The van der Waals surface area contributed by atoms with Gasteiger partial charge in [0.2, 0.25) is 5.91 Å². The monoisotopic (exact) mass is 289 g/mol. The third kappa shape index (κ3) is 3.20. The Balaban J connectivity index is 1.43. The molecule has 112 valence electrons. The first-order chi connectivity index (χ1) is 10.1. The van der Waals surface area contributed by atoms with Gasteiger partial charge in [0.1, 0.15) is 5.82 Å². The molecule has 2 saturated carbocycles. The molecule has 1 aromatic heterocycles. The first-order valence-electron chi connectivity index (χ1n) is 7.46. The van der Waals surface area contributed by atoms with Crippen LogP contribution in [0.5, 0.6) is 0 Å². The lowest BCUT2D eigenvalue weighted by Gasteiger charge is -2.31. The molecule has 6 nitrogen and oxygen atoms in total. The van der Waals surface area contributed by atoms with Gasteiger partial charge >= 0.3 is 5.97 Å². The van der Waals surface area contributed by atoms with Crippen LogP contribution in [0.1, 0.15) is 43.0 Å². The second kappa shape index (κ2) is 5.79. The molecule has 0 saturated heterocycles. The van der Waals surface area contributed by atoms with E-state index in [1.807, 2.05) is 12.4 Å². The first kappa shape index (κ1) is 14.0. The molecule has 2 N–H and O–H groups in total. The molecule has 0 radical (unpaired) electrons. The zero-order valence-corrected chi connectivity index (χ0v) is 11.8. The quantitative estimate of drug-likeness (QED) is 0.819. The van der Waals surface area contributed by atoms with E-state index in [-0.39, 0.29) is 11.8 Å². The van der Waals surface area contributed by atoms with Crippen LogP contribution in [-0.4, -0.2) is 33.5 Å². The van der Waals surface area contributed by atoms with Gasteiger partial charge in [0.15, 0.2) is 0 Å². The third-order valence-electron chi connectivity index (χ3n) is 4.31. The van der Waals surface area contributed by atoms with Crippen molar-refractivity contribution in [3.05, 3.63) is 23.8 Å². The number of aromatic nitrogens is 2. The van der Waals surface area contributed by atoms with Crippen molar-refractivity contribution in [1.29, 1.82) is 0 Å². The number of carboxylic acids is 1. The van der Waals surface area contributed by atoms with Crippen LogP contribution in [0.3, 0.4) is 0 Å². The molecule has 6 heteroatoms. The van der Waals surface area contributed by atoms with Gasteiger partial charge in [-0.25, -0.2) is 9.97 Å². The molecule has 0 spiro atoms. The summed E-state index contributed by atoms with van der Waals surface area (Å²) in [6.45, 7) is 0.494. The van der Waals surface area contributed by atoms with Crippen LogP contribution in [0, 0.1) is 11.8 Å². The molecule has 0 aromatic carbocycles. The van der Waals surface area contributed by atoms with E-state index in [1.165, 1.54) is 12.8 Å². The van der Waals surface area contributed by atoms with Gasteiger partial charge in [0.05, 0.1) is 11.8 Å². The van der Waals surface area contributed by atoms with Crippen LogP contribution in [-0.2, 0) is 16.0 Å². The van der Waals surface area contributed by atoms with E-state index in [2.05, 4.69) is 15.3 Å². The number of hydrogen-bond donors (Lipinski definition) is 2. The van der Waals surface area contributed by atoms with Crippen molar-refractivity contribution in [1.82, 2.24) is 15.3 Å². The van der Waals surface area contributed by atoms with Gasteiger partial charge in [-0.3, -0.25) is 9.59 Å². The van der Waals surface area contributed by atoms with Gasteiger partial charge in [0.25, 0.3) is 0 Å². The van der Waals surface area contributed by atoms with E-state index in [4.69, 9.17) is 5.11 Å². The third-order valence-corrected chi connectivity index (χ3v) is 4.31. The largest absolute Gasteiger partial charge is 0.481 e. The summed E-state index contributed by atoms with van der Waals surface area (Å²) in [5.74, 6) is -0.427. The van der Waals surface area contributed by atoms with Crippen molar-refractivity contribution < 1.29 is 14.7 Å². The maximum atomic E-state index is 11.9. The summed E-state index contributed by atoms with van der Waals surface area (Å²) in [5.41, 5.74) is 0.989. The molecular formula is C15H19N3O3. The van der Waals surface area contributed by atoms with Crippen LogP contribution in [0.15, 0.2) is 12.4 Å². The Bertz CT molecular complexity index is 540. The van der Waals surface area contributed by atoms with Crippen molar-refractivity contribution in [2.75, 3.05) is 6.54 Å². The van der Waals surface area contributed by atoms with Gasteiger partial charge in [-0.1, -0.05) is 0 Å². The van der Waals surface area contributed by atoms with Crippen LogP contribution < -0.4 is 5.32 Å². The average Bonchev–Trinajstić information content (AvgIpc) is 3.22. The molecule has 3 rings (SSSR count). The fourth-order valence-corrected chi connectivity index (χ4v) is 2.62. The number of nitrogens with one attached hydrogen (secondary N) is 1. The van der Waals surface area contributed by atoms with Crippen LogP contribution in [0.2, 0.25) is 0 Å². The maximum absolute atomic E-state index is 11.9. The minimum Gasteiger partial charge on any atom is -0.481 e. The highest BCUT2D eigenvalue weighted by molar-refractivity contribution is 5.86. The molecule has 0 aliphatic heterocycles. The zero-order chi connectivity index (χ0) is 14.8. The molecular weight excluding hydrogens is 270 g/mol. The van der Waals surface area contributed by atoms with Crippen LogP contribution in [0.25, 0.3) is 0 Å². The minimum absolute atomic E-state index is 0.149. The average molecular weight is 289 g/mol. The lowest BCUT2D eigenvalue weighted by atomic mass is 9.73. The zero-order valence-electron chi connectivity index (χ0n) is 11.8. The Hall–Kier alpha value is -1.98. The van der Waals surface area contributed by atoms with Gasteiger partial charge in [0, 0.05) is 24.9 Å². The molecule has 0 bridgehead atoms. The molecule has 2 unspecified atom stereocenters. The van der Waals surface area contributed by atoms with Gasteiger partial charge < -0.3 is 10.4 Å². The Kier molecular flexibility index (Phi) is 3.86. The van der Waals surface area contributed by atoms with Crippen molar-refractivity contribution >= 4 is 11.9 Å². The van der Waals surface area contributed by atoms with Crippen LogP contribution in [0.4, 0.5) is 0 Å². The minimum atomic E-state index is -0.870. The summed E-state index contributed by atoms with van der Waals surface area (Å²) in [5, 5.41) is 11.7. The van der Waals surface area contributed by atoms with E-state index in [0.717, 1.165) is 11.4 Å². The number of rotatable bonds is 6. The summed E-state index contributed by atoms with van der Waals surface area (Å²) in [6, 6.07) is 0. The van der Waals surface area contributed by atoms with E-state index in [9.17, 15) is 9.59 Å². The second-order valence-electron chi connectivity index (χ2n) is 5.89. The number of nitrogens with zero attached hydrogens (tertiary/aromatic N) is 2. The molecule has 1 heterocycles. The number of aliphatic carboxylic acids is 1. The van der Waals surface area contributed by atoms with Crippen molar-refractivity contribution in [3.63, 3.8) is 0 Å². The van der Waals surface area contributed by atoms with Crippen molar-refractivity contribution in [2.45, 2.75) is 38.0 Å². The predicted molar refractivity (Wildman–Crippen MR) is 74.6 cm³/mol. The van der Waals surface area contributed by atoms with E-state index < -0.39 is 11.9 Å². The Morgan fingerprint density at radius 1 is 1.14 bits per heavy atom. The fraction of sp³-hybridized carbons (Fsp3) is 0.600. The predicted octanol–water partition coefficient (Wildman–Crippen LogP) is 1.12. The lowest BCUT2D eigenvalue weighted by Crippen LogP contribution is -2.44. The van der Waals surface area contributed by atoms with E-state index in [1.54, 1.807) is 0 Å². The number of carbonyl (C=O) groups excluding carboxylic acids is 1.